The van der Waals surface area contributed by atoms with Gasteiger partial charge in [0.2, 0.25) is 0 Å². The van der Waals surface area contributed by atoms with Gasteiger partial charge >= 0.3 is 5.97 Å². The quantitative estimate of drug-likeness (QED) is 0.597. The van der Waals surface area contributed by atoms with Crippen molar-refractivity contribution < 1.29 is 13.9 Å². The lowest BCUT2D eigenvalue weighted by molar-refractivity contribution is -0.137. The maximum atomic E-state index is 13.7. The van der Waals surface area contributed by atoms with Gasteiger partial charge in [-0.25, -0.2) is 9.18 Å². The van der Waals surface area contributed by atoms with Gasteiger partial charge in [0.15, 0.2) is 0 Å². The first-order valence-electron chi connectivity index (χ1n) is 9.04. The molecule has 2 aliphatic carbocycles. The Morgan fingerprint density at radius 2 is 2.04 bits per heavy atom. The summed E-state index contributed by atoms with van der Waals surface area (Å²) in [7, 11) is 0. The van der Waals surface area contributed by atoms with Crippen LogP contribution < -0.4 is 0 Å². The van der Waals surface area contributed by atoms with Crippen LogP contribution in [0.4, 0.5) is 4.39 Å². The SMILES string of the molecule is CCOC(=O)/C=C1/CC2C[C@H](c3ccnc4ccc(F)cc34)C[C@@H]2C1. The standard InChI is InChI=1S/C21H22FNO2/c1-2-25-21(24)9-13-7-14-10-16(11-15(14)8-13)18-5-6-23-20-4-3-17(22)12-19(18)20/h3-6,9,12,14-16H,2,7-8,10-11H2,1H3/b13-9-/t14?,15-,16-/m0/s1. The van der Waals surface area contributed by atoms with Gasteiger partial charge < -0.3 is 4.74 Å². The Hall–Kier alpha value is -2.23. The first-order valence-corrected chi connectivity index (χ1v) is 9.04. The average Bonchev–Trinajstić information content (AvgIpc) is 3.12. The maximum absolute atomic E-state index is 13.7. The molecule has 4 heteroatoms. The third-order valence-electron chi connectivity index (χ3n) is 5.68. The number of carbonyl (C=O) groups is 1. The third kappa shape index (κ3) is 3.17. The van der Waals surface area contributed by atoms with E-state index in [0.717, 1.165) is 36.6 Å². The van der Waals surface area contributed by atoms with Crippen LogP contribution in [0.2, 0.25) is 0 Å². The zero-order chi connectivity index (χ0) is 17.4. The Kier molecular flexibility index (Phi) is 4.28. The van der Waals surface area contributed by atoms with E-state index in [9.17, 15) is 9.18 Å². The fourth-order valence-electron chi connectivity index (χ4n) is 4.69. The fraction of sp³-hybridized carbons (Fsp3) is 0.429. The van der Waals surface area contributed by atoms with Gasteiger partial charge in [0, 0.05) is 17.7 Å². The number of carbonyl (C=O) groups excluding carboxylic acids is 1. The largest absolute Gasteiger partial charge is 0.463 e. The second kappa shape index (κ2) is 6.58. The zero-order valence-electron chi connectivity index (χ0n) is 14.4. The molecule has 0 amide bonds. The summed E-state index contributed by atoms with van der Waals surface area (Å²) in [6.07, 6.45) is 7.68. The molecule has 25 heavy (non-hydrogen) atoms. The molecule has 0 N–H and O–H groups in total. The summed E-state index contributed by atoms with van der Waals surface area (Å²) in [5, 5.41) is 0.940. The van der Waals surface area contributed by atoms with E-state index in [1.54, 1.807) is 18.2 Å². The van der Waals surface area contributed by atoms with E-state index in [1.165, 1.54) is 17.2 Å². The second-order valence-electron chi connectivity index (χ2n) is 7.21. The number of ether oxygens (including phenoxy) is 1. The van der Waals surface area contributed by atoms with Crippen molar-refractivity contribution in [1.82, 2.24) is 4.98 Å². The van der Waals surface area contributed by atoms with Gasteiger partial charge in [0.05, 0.1) is 12.1 Å². The van der Waals surface area contributed by atoms with Crippen molar-refractivity contribution in [2.75, 3.05) is 6.61 Å². The highest BCUT2D eigenvalue weighted by molar-refractivity contribution is 5.83. The number of pyridine rings is 1. The van der Waals surface area contributed by atoms with Crippen molar-refractivity contribution in [3.63, 3.8) is 0 Å². The van der Waals surface area contributed by atoms with E-state index in [4.69, 9.17) is 4.74 Å². The molecule has 3 nitrogen and oxygen atoms in total. The fourth-order valence-corrected chi connectivity index (χ4v) is 4.69. The van der Waals surface area contributed by atoms with E-state index in [0.29, 0.717) is 24.4 Å². The first-order chi connectivity index (χ1) is 12.1. The van der Waals surface area contributed by atoms with Crippen LogP contribution in [0, 0.1) is 17.7 Å². The van der Waals surface area contributed by atoms with Crippen LogP contribution in [0.5, 0.6) is 0 Å². The van der Waals surface area contributed by atoms with Gasteiger partial charge in [-0.3, -0.25) is 4.98 Å². The molecule has 2 aliphatic rings. The highest BCUT2D eigenvalue weighted by Gasteiger charge is 2.40. The number of fused-ring (bicyclic) bond motifs is 2. The molecule has 0 spiro atoms. The molecule has 4 rings (SSSR count). The Bertz CT molecular complexity index is 829. The Balaban J connectivity index is 1.52. The summed E-state index contributed by atoms with van der Waals surface area (Å²) in [5.41, 5.74) is 3.30. The molecule has 1 aromatic heterocycles. The summed E-state index contributed by atoms with van der Waals surface area (Å²) < 4.78 is 18.7. The van der Waals surface area contributed by atoms with Crippen LogP contribution >= 0.6 is 0 Å². The summed E-state index contributed by atoms with van der Waals surface area (Å²) in [4.78, 5) is 16.0. The summed E-state index contributed by atoms with van der Waals surface area (Å²) in [5.74, 6) is 1.25. The molecule has 0 radical (unpaired) electrons. The second-order valence-corrected chi connectivity index (χ2v) is 7.21. The predicted molar refractivity (Wildman–Crippen MR) is 94.6 cm³/mol. The van der Waals surface area contributed by atoms with Gasteiger partial charge in [0.25, 0.3) is 0 Å². The number of nitrogens with zero attached hydrogens (tertiary/aromatic N) is 1. The molecule has 0 bridgehead atoms. The van der Waals surface area contributed by atoms with E-state index < -0.39 is 0 Å². The molecule has 2 aromatic rings. The van der Waals surface area contributed by atoms with Crippen LogP contribution in [-0.4, -0.2) is 17.6 Å². The topological polar surface area (TPSA) is 39.2 Å². The van der Waals surface area contributed by atoms with Crippen molar-refractivity contribution in [2.45, 2.75) is 38.5 Å². The Morgan fingerprint density at radius 1 is 1.28 bits per heavy atom. The van der Waals surface area contributed by atoms with E-state index in [-0.39, 0.29) is 11.8 Å². The molecule has 1 aromatic carbocycles. The zero-order valence-corrected chi connectivity index (χ0v) is 14.4. The highest BCUT2D eigenvalue weighted by Crippen LogP contribution is 2.53. The van der Waals surface area contributed by atoms with Gasteiger partial charge in [-0.1, -0.05) is 5.57 Å². The van der Waals surface area contributed by atoms with Crippen LogP contribution in [-0.2, 0) is 9.53 Å². The minimum Gasteiger partial charge on any atom is -0.463 e. The van der Waals surface area contributed by atoms with Gasteiger partial charge in [0.1, 0.15) is 5.82 Å². The lowest BCUT2D eigenvalue weighted by Crippen LogP contribution is -2.01. The predicted octanol–water partition coefficient (Wildman–Crippen LogP) is 4.77. The molecule has 0 aliphatic heterocycles. The van der Waals surface area contributed by atoms with Crippen molar-refractivity contribution in [3.8, 4) is 0 Å². The monoisotopic (exact) mass is 339 g/mol. The molecule has 2 fully saturated rings. The molecule has 0 saturated heterocycles. The highest BCUT2D eigenvalue weighted by atomic mass is 19.1. The van der Waals surface area contributed by atoms with Crippen molar-refractivity contribution in [1.29, 1.82) is 0 Å². The molecular weight excluding hydrogens is 317 g/mol. The smallest absolute Gasteiger partial charge is 0.330 e. The van der Waals surface area contributed by atoms with Crippen LogP contribution in [0.25, 0.3) is 10.9 Å². The molecule has 130 valence electrons. The van der Waals surface area contributed by atoms with Crippen LogP contribution in [0.3, 0.4) is 0 Å². The lowest BCUT2D eigenvalue weighted by atomic mass is 9.91. The minimum absolute atomic E-state index is 0.209. The number of esters is 1. The van der Waals surface area contributed by atoms with E-state index in [2.05, 4.69) is 4.98 Å². The van der Waals surface area contributed by atoms with Crippen LogP contribution in [0.15, 0.2) is 42.1 Å². The number of halogens is 1. The van der Waals surface area contributed by atoms with Gasteiger partial charge in [-0.15, -0.1) is 0 Å². The number of hydrogen-bond donors (Lipinski definition) is 0. The lowest BCUT2D eigenvalue weighted by Gasteiger charge is -2.14. The summed E-state index contributed by atoms with van der Waals surface area (Å²) in [6.45, 7) is 2.25. The Labute approximate surface area is 146 Å². The number of benzene rings is 1. The van der Waals surface area contributed by atoms with Crippen molar-refractivity contribution in [2.24, 2.45) is 11.8 Å². The minimum atomic E-state index is -0.218. The van der Waals surface area contributed by atoms with Gasteiger partial charge in [-0.2, -0.15) is 0 Å². The maximum Gasteiger partial charge on any atom is 0.330 e. The van der Waals surface area contributed by atoms with Crippen LogP contribution in [0.1, 0.15) is 44.1 Å². The number of allylic oxidation sites excluding steroid dienone is 1. The average molecular weight is 339 g/mol. The summed E-state index contributed by atoms with van der Waals surface area (Å²) in [6, 6.07) is 6.87. The van der Waals surface area contributed by atoms with E-state index >= 15 is 0 Å². The van der Waals surface area contributed by atoms with Crippen molar-refractivity contribution in [3.05, 3.63) is 53.5 Å². The summed E-state index contributed by atoms with van der Waals surface area (Å²) >= 11 is 0. The first kappa shape index (κ1) is 16.2. The number of aromatic nitrogens is 1. The molecule has 1 heterocycles. The Morgan fingerprint density at radius 3 is 2.76 bits per heavy atom. The molecule has 2 saturated carbocycles. The normalized spacial score (nSPS) is 27.0. The number of hydrogen-bond acceptors (Lipinski definition) is 3. The molecule has 1 unspecified atom stereocenters. The number of rotatable bonds is 3. The van der Waals surface area contributed by atoms with E-state index in [1.807, 2.05) is 19.2 Å². The molecular formula is C21H22FNO2. The van der Waals surface area contributed by atoms with Gasteiger partial charge in [-0.05, 0) is 80.2 Å². The van der Waals surface area contributed by atoms with Crippen molar-refractivity contribution >= 4 is 16.9 Å². The molecule has 3 atom stereocenters. The third-order valence-corrected chi connectivity index (χ3v) is 5.68.